The van der Waals surface area contributed by atoms with Crippen LogP contribution in [0.5, 0.6) is 0 Å². The number of hydrogen-bond acceptors (Lipinski definition) is 3. The zero-order chi connectivity index (χ0) is 16.6. The lowest BCUT2D eigenvalue weighted by atomic mass is 9.86. The molecular formula is C18H18IN3O. The molecule has 0 saturated carbocycles. The minimum Gasteiger partial charge on any atom is -0.369 e. The Bertz CT molecular complexity index is 802. The van der Waals surface area contributed by atoms with Gasteiger partial charge >= 0.3 is 0 Å². The van der Waals surface area contributed by atoms with Crippen LogP contribution in [0.15, 0.2) is 53.5 Å². The molecule has 0 bridgehead atoms. The molecule has 0 aliphatic carbocycles. The first-order valence-corrected chi connectivity index (χ1v) is 8.45. The van der Waals surface area contributed by atoms with Gasteiger partial charge in [0, 0.05) is 10.6 Å². The smallest absolute Gasteiger partial charge is 0.231 e. The molecule has 1 amide bonds. The van der Waals surface area contributed by atoms with Crippen LogP contribution < -0.4 is 5.73 Å². The maximum absolute atomic E-state index is 12.2. The number of aliphatic imine (C=N–C) groups is 1. The third-order valence-electron chi connectivity index (χ3n) is 4.22. The van der Waals surface area contributed by atoms with Crippen molar-refractivity contribution in [3.63, 3.8) is 0 Å². The van der Waals surface area contributed by atoms with Crippen LogP contribution >= 0.6 is 22.6 Å². The highest BCUT2D eigenvalue weighted by Crippen LogP contribution is 2.35. The standard InChI is InChI=1S/C18H18IN3O/c1-18(11-16(23)22(2)17(20)21-18)14-7-3-5-12(9-14)13-6-4-8-15(19)10-13/h3-10H,11H2,1-2H3,(H2,20,21)/t18-/m0/s1. The third-order valence-corrected chi connectivity index (χ3v) is 4.89. The predicted molar refractivity (Wildman–Crippen MR) is 101 cm³/mol. The largest absolute Gasteiger partial charge is 0.369 e. The summed E-state index contributed by atoms with van der Waals surface area (Å²) in [5, 5.41) is 0. The van der Waals surface area contributed by atoms with Crippen LogP contribution in [0.3, 0.4) is 0 Å². The first kappa shape index (κ1) is 16.0. The van der Waals surface area contributed by atoms with Gasteiger partial charge in [-0.05, 0) is 64.4 Å². The number of nitrogens with zero attached hydrogens (tertiary/aromatic N) is 2. The first-order chi connectivity index (χ1) is 10.9. The van der Waals surface area contributed by atoms with E-state index in [4.69, 9.17) is 5.73 Å². The number of carbonyl (C=O) groups is 1. The number of rotatable bonds is 2. The number of amides is 1. The van der Waals surface area contributed by atoms with E-state index in [-0.39, 0.29) is 11.9 Å². The minimum absolute atomic E-state index is 0.0142. The molecule has 1 aliphatic heterocycles. The van der Waals surface area contributed by atoms with Crippen LogP contribution in [0.2, 0.25) is 0 Å². The molecule has 5 heteroatoms. The lowest BCUT2D eigenvalue weighted by molar-refractivity contribution is -0.128. The zero-order valence-electron chi connectivity index (χ0n) is 13.1. The summed E-state index contributed by atoms with van der Waals surface area (Å²) >= 11 is 2.31. The van der Waals surface area contributed by atoms with Crippen molar-refractivity contribution in [3.05, 3.63) is 57.7 Å². The summed E-state index contributed by atoms with van der Waals surface area (Å²) in [6.45, 7) is 1.96. The fourth-order valence-electron chi connectivity index (χ4n) is 2.78. The molecule has 0 radical (unpaired) electrons. The maximum Gasteiger partial charge on any atom is 0.231 e. The number of benzene rings is 2. The molecule has 2 N–H and O–H groups in total. The van der Waals surface area contributed by atoms with E-state index in [0.717, 1.165) is 16.7 Å². The van der Waals surface area contributed by atoms with Gasteiger partial charge in [0.2, 0.25) is 5.91 Å². The van der Waals surface area contributed by atoms with E-state index in [1.54, 1.807) is 7.05 Å². The number of carbonyl (C=O) groups excluding carboxylic acids is 1. The van der Waals surface area contributed by atoms with Crippen LogP contribution in [0, 0.1) is 3.57 Å². The van der Waals surface area contributed by atoms with Crippen LogP contribution in [0.4, 0.5) is 0 Å². The second kappa shape index (κ2) is 5.96. The van der Waals surface area contributed by atoms with Crippen molar-refractivity contribution in [1.82, 2.24) is 4.90 Å². The second-order valence-electron chi connectivity index (χ2n) is 5.96. The molecule has 118 valence electrons. The molecule has 1 aliphatic rings. The average molecular weight is 419 g/mol. The third kappa shape index (κ3) is 3.10. The van der Waals surface area contributed by atoms with Crippen LogP contribution in [0.1, 0.15) is 18.9 Å². The van der Waals surface area contributed by atoms with E-state index in [1.165, 1.54) is 8.47 Å². The van der Waals surface area contributed by atoms with Crippen molar-refractivity contribution in [2.24, 2.45) is 10.7 Å². The van der Waals surface area contributed by atoms with E-state index < -0.39 is 5.54 Å². The van der Waals surface area contributed by atoms with Gasteiger partial charge in [0.1, 0.15) is 0 Å². The van der Waals surface area contributed by atoms with Crippen LogP contribution in [0.25, 0.3) is 11.1 Å². The van der Waals surface area contributed by atoms with E-state index in [0.29, 0.717) is 6.42 Å². The molecule has 1 heterocycles. The molecule has 4 nitrogen and oxygen atoms in total. The molecule has 0 fully saturated rings. The highest BCUT2D eigenvalue weighted by molar-refractivity contribution is 14.1. The fourth-order valence-corrected chi connectivity index (χ4v) is 3.32. The van der Waals surface area contributed by atoms with Crippen molar-refractivity contribution in [2.45, 2.75) is 18.9 Å². The summed E-state index contributed by atoms with van der Waals surface area (Å²) in [6.07, 6.45) is 0.319. The SMILES string of the molecule is CN1C(=O)C[C@@](C)(c2cccc(-c3cccc(I)c3)c2)N=C1N. The molecule has 0 spiro atoms. The quantitative estimate of drug-likeness (QED) is 0.760. The highest BCUT2D eigenvalue weighted by atomic mass is 127. The molecule has 0 aromatic heterocycles. The maximum atomic E-state index is 12.2. The molecule has 0 saturated heterocycles. The van der Waals surface area contributed by atoms with Gasteiger partial charge in [0.15, 0.2) is 5.96 Å². The Kier molecular flexibility index (Phi) is 4.14. The molecule has 2 aromatic rings. The Morgan fingerprint density at radius 2 is 1.83 bits per heavy atom. The molecule has 2 aromatic carbocycles. The Hall–Kier alpha value is -1.89. The minimum atomic E-state index is -0.619. The number of guanidine groups is 1. The van der Waals surface area contributed by atoms with Crippen LogP contribution in [-0.4, -0.2) is 23.8 Å². The average Bonchev–Trinajstić information content (AvgIpc) is 2.53. The second-order valence-corrected chi connectivity index (χ2v) is 7.21. The van der Waals surface area contributed by atoms with Gasteiger partial charge in [-0.25, -0.2) is 4.99 Å². The molecular weight excluding hydrogens is 401 g/mol. The van der Waals surface area contributed by atoms with Gasteiger partial charge in [-0.1, -0.05) is 30.3 Å². The van der Waals surface area contributed by atoms with Crippen molar-refractivity contribution >= 4 is 34.5 Å². The summed E-state index contributed by atoms with van der Waals surface area (Å²) < 4.78 is 1.19. The highest BCUT2D eigenvalue weighted by Gasteiger charge is 2.36. The Balaban J connectivity index is 2.05. The summed E-state index contributed by atoms with van der Waals surface area (Å²) in [5.41, 5.74) is 8.55. The number of halogens is 1. The number of hydrogen-bond donors (Lipinski definition) is 1. The first-order valence-electron chi connectivity index (χ1n) is 7.37. The Morgan fingerprint density at radius 1 is 1.17 bits per heavy atom. The van der Waals surface area contributed by atoms with E-state index in [2.05, 4.69) is 57.9 Å². The predicted octanol–water partition coefficient (Wildman–Crippen LogP) is 3.35. The molecule has 1 atom stereocenters. The van der Waals surface area contributed by atoms with Gasteiger partial charge in [-0.15, -0.1) is 0 Å². The van der Waals surface area contributed by atoms with Gasteiger partial charge in [-0.3, -0.25) is 9.69 Å². The number of nitrogens with two attached hydrogens (primary N) is 1. The summed E-state index contributed by atoms with van der Waals surface area (Å²) in [4.78, 5) is 18.1. The van der Waals surface area contributed by atoms with Crippen LogP contribution in [-0.2, 0) is 10.3 Å². The lowest BCUT2D eigenvalue weighted by Crippen LogP contribution is -2.47. The molecule has 23 heavy (non-hydrogen) atoms. The summed E-state index contributed by atoms with van der Waals surface area (Å²) in [7, 11) is 1.66. The van der Waals surface area contributed by atoms with E-state index in [1.807, 2.05) is 25.1 Å². The van der Waals surface area contributed by atoms with Crippen molar-refractivity contribution < 1.29 is 4.79 Å². The Morgan fingerprint density at radius 3 is 2.48 bits per heavy atom. The van der Waals surface area contributed by atoms with Gasteiger partial charge in [0.25, 0.3) is 0 Å². The molecule has 3 rings (SSSR count). The van der Waals surface area contributed by atoms with Gasteiger partial charge in [-0.2, -0.15) is 0 Å². The monoisotopic (exact) mass is 419 g/mol. The Labute approximate surface area is 149 Å². The van der Waals surface area contributed by atoms with E-state index >= 15 is 0 Å². The summed E-state index contributed by atoms with van der Waals surface area (Å²) in [6, 6.07) is 16.5. The van der Waals surface area contributed by atoms with Crippen molar-refractivity contribution in [1.29, 1.82) is 0 Å². The van der Waals surface area contributed by atoms with Gasteiger partial charge < -0.3 is 5.73 Å². The topological polar surface area (TPSA) is 58.7 Å². The molecule has 0 unspecified atom stereocenters. The van der Waals surface area contributed by atoms with E-state index in [9.17, 15) is 4.79 Å². The normalized spacial score (nSPS) is 21.3. The summed E-state index contributed by atoms with van der Waals surface area (Å²) in [5.74, 6) is 0.253. The lowest BCUT2D eigenvalue weighted by Gasteiger charge is -2.33. The fraction of sp³-hybridized carbons (Fsp3) is 0.222. The van der Waals surface area contributed by atoms with Gasteiger partial charge in [0.05, 0.1) is 12.0 Å². The zero-order valence-corrected chi connectivity index (χ0v) is 15.2. The van der Waals surface area contributed by atoms with Crippen molar-refractivity contribution in [2.75, 3.05) is 7.05 Å². The van der Waals surface area contributed by atoms with Crippen molar-refractivity contribution in [3.8, 4) is 11.1 Å².